The summed E-state index contributed by atoms with van der Waals surface area (Å²) in [5, 5.41) is 5.55. The van der Waals surface area contributed by atoms with Crippen LogP contribution in [0.2, 0.25) is 0 Å². The average molecular weight is 732 g/mol. The van der Waals surface area contributed by atoms with Crippen LogP contribution in [-0.2, 0) is 9.47 Å². The average Bonchev–Trinajstić information content (AvgIpc) is 2.72. The molecule has 206 valence electrons. The zero-order valence-electron chi connectivity index (χ0n) is 22.4. The van der Waals surface area contributed by atoms with Crippen LogP contribution < -0.4 is 20.1 Å². The van der Waals surface area contributed by atoms with Crippen LogP contribution in [0.1, 0.15) is 80.1 Å². The second-order valence-electron chi connectivity index (χ2n) is 10.4. The quantitative estimate of drug-likeness (QED) is 0.158. The number of hydrogen-bond donors (Lipinski definition) is 2. The summed E-state index contributed by atoms with van der Waals surface area (Å²) in [6.07, 6.45) is 4.73. The number of benzene rings is 1. The van der Waals surface area contributed by atoms with Crippen molar-refractivity contribution in [2.75, 3.05) is 26.3 Å². The summed E-state index contributed by atoms with van der Waals surface area (Å²) in [5.41, 5.74) is -0.954. The van der Waals surface area contributed by atoms with Crippen molar-refractivity contribution in [3.63, 3.8) is 0 Å². The van der Waals surface area contributed by atoms with Crippen molar-refractivity contribution in [1.29, 1.82) is 0 Å². The van der Waals surface area contributed by atoms with E-state index in [-0.39, 0.29) is 12.2 Å². The van der Waals surface area contributed by atoms with E-state index in [0.717, 1.165) is 57.2 Å². The number of hydrogen-bond acceptors (Lipinski definition) is 6. The summed E-state index contributed by atoms with van der Waals surface area (Å²) in [7, 11) is 0. The summed E-state index contributed by atoms with van der Waals surface area (Å²) in [6, 6.07) is 4.01. The lowest BCUT2D eigenvalue weighted by molar-refractivity contribution is 0.0515. The minimum Gasteiger partial charge on any atom is -0.492 e. The molecule has 0 fully saturated rings. The first-order chi connectivity index (χ1) is 16.8. The molecule has 0 aliphatic carbocycles. The highest BCUT2D eigenvalue weighted by Crippen LogP contribution is 2.31. The zero-order valence-corrected chi connectivity index (χ0v) is 26.7. The number of alkyl carbamates (subject to hydrolysis) is 2. The Kier molecular flexibility index (Phi) is 15.2. The number of ether oxygens (including phenoxy) is 4. The van der Waals surface area contributed by atoms with Gasteiger partial charge in [0.05, 0.1) is 20.4 Å². The molecule has 1 aromatic rings. The molecule has 2 amide bonds. The van der Waals surface area contributed by atoms with Gasteiger partial charge in [-0.15, -0.1) is 0 Å². The highest BCUT2D eigenvalue weighted by Gasteiger charge is 2.16. The normalized spacial score (nSPS) is 11.6. The number of halogens is 2. The van der Waals surface area contributed by atoms with Crippen molar-refractivity contribution in [2.24, 2.45) is 0 Å². The van der Waals surface area contributed by atoms with Crippen molar-refractivity contribution >= 4 is 57.4 Å². The molecular formula is C26H42I2N2O6. The van der Waals surface area contributed by atoms with Gasteiger partial charge >= 0.3 is 12.2 Å². The molecule has 1 aromatic carbocycles. The lowest BCUT2D eigenvalue weighted by Crippen LogP contribution is -2.33. The maximum absolute atomic E-state index is 11.6. The van der Waals surface area contributed by atoms with Crippen molar-refractivity contribution in [3.8, 4) is 11.5 Å². The van der Waals surface area contributed by atoms with Gasteiger partial charge in [0.1, 0.15) is 22.7 Å². The molecule has 0 saturated carbocycles. The van der Waals surface area contributed by atoms with E-state index in [4.69, 9.17) is 18.9 Å². The second-order valence-corrected chi connectivity index (χ2v) is 12.7. The van der Waals surface area contributed by atoms with E-state index in [9.17, 15) is 9.59 Å². The number of amides is 2. The van der Waals surface area contributed by atoms with Crippen LogP contribution in [0.4, 0.5) is 9.59 Å². The van der Waals surface area contributed by atoms with Gasteiger partial charge in [-0.2, -0.15) is 0 Å². The number of carbonyl (C=O) groups excluding carboxylic acids is 2. The molecule has 10 heteroatoms. The highest BCUT2D eigenvalue weighted by atomic mass is 127. The van der Waals surface area contributed by atoms with E-state index < -0.39 is 11.2 Å². The molecule has 0 unspecified atom stereocenters. The van der Waals surface area contributed by atoms with E-state index in [1.54, 1.807) is 0 Å². The molecule has 0 aliphatic rings. The van der Waals surface area contributed by atoms with Gasteiger partial charge in [0.25, 0.3) is 0 Å². The first-order valence-corrected chi connectivity index (χ1v) is 14.6. The molecule has 2 N–H and O–H groups in total. The largest absolute Gasteiger partial charge is 0.492 e. The van der Waals surface area contributed by atoms with Gasteiger partial charge in [-0.1, -0.05) is 0 Å². The predicted octanol–water partition coefficient (Wildman–Crippen LogP) is 7.04. The molecular weight excluding hydrogens is 690 g/mol. The van der Waals surface area contributed by atoms with Crippen LogP contribution in [0.5, 0.6) is 11.5 Å². The summed E-state index contributed by atoms with van der Waals surface area (Å²) in [5.74, 6) is 1.71. The Hall–Kier alpha value is -1.18. The van der Waals surface area contributed by atoms with E-state index in [2.05, 4.69) is 55.8 Å². The van der Waals surface area contributed by atoms with E-state index in [1.165, 1.54) is 0 Å². The van der Waals surface area contributed by atoms with Crippen LogP contribution in [0, 0.1) is 7.14 Å². The Morgan fingerprint density at radius 2 is 1.03 bits per heavy atom. The molecule has 1 rings (SSSR count). The Morgan fingerprint density at radius 1 is 0.667 bits per heavy atom. The number of carbonyl (C=O) groups is 2. The van der Waals surface area contributed by atoms with Gasteiger partial charge in [-0.25, -0.2) is 9.59 Å². The fourth-order valence-corrected chi connectivity index (χ4v) is 4.10. The van der Waals surface area contributed by atoms with Crippen LogP contribution >= 0.6 is 45.2 Å². The molecule has 0 aliphatic heterocycles. The number of nitrogens with one attached hydrogen (secondary N) is 2. The minimum absolute atomic E-state index is 0.375. The third-order valence-corrected chi connectivity index (χ3v) is 6.17. The molecule has 0 spiro atoms. The summed E-state index contributed by atoms with van der Waals surface area (Å²) >= 11 is 4.53. The molecule has 36 heavy (non-hydrogen) atoms. The molecule has 0 aromatic heterocycles. The Labute approximate surface area is 243 Å². The van der Waals surface area contributed by atoms with Gasteiger partial charge in [0, 0.05) is 13.1 Å². The first-order valence-electron chi connectivity index (χ1n) is 12.5. The molecule has 0 atom stereocenters. The molecule has 0 radical (unpaired) electrons. The Morgan fingerprint density at radius 3 is 1.36 bits per heavy atom. The third kappa shape index (κ3) is 16.5. The highest BCUT2D eigenvalue weighted by molar-refractivity contribution is 14.1. The predicted molar refractivity (Wildman–Crippen MR) is 159 cm³/mol. The van der Waals surface area contributed by atoms with Gasteiger partial charge in [0.2, 0.25) is 0 Å². The standard InChI is InChI=1S/C26H42I2N2O6/c1-25(2,3)35-23(31)29-13-9-7-11-15-33-21-17-20(28)22(18-19(21)27)34-16-12-8-10-14-30-24(32)36-26(4,5)6/h17-18H,7-16H2,1-6H3,(H,29,31)(H,30,32). The van der Waals surface area contributed by atoms with Crippen molar-refractivity contribution in [1.82, 2.24) is 10.6 Å². The topological polar surface area (TPSA) is 95.1 Å². The van der Waals surface area contributed by atoms with Gasteiger partial charge in [-0.05, 0) is 137 Å². The SMILES string of the molecule is CC(C)(C)OC(=O)NCCCCCOc1cc(I)c(OCCCCCNC(=O)OC(C)(C)C)cc1I. The molecule has 0 bridgehead atoms. The van der Waals surface area contributed by atoms with Crippen LogP contribution in [0.25, 0.3) is 0 Å². The van der Waals surface area contributed by atoms with Crippen LogP contribution in [0.3, 0.4) is 0 Å². The molecule has 0 heterocycles. The zero-order chi connectivity index (χ0) is 27.2. The fourth-order valence-electron chi connectivity index (χ4n) is 2.91. The maximum atomic E-state index is 11.6. The maximum Gasteiger partial charge on any atom is 0.407 e. The van der Waals surface area contributed by atoms with Crippen LogP contribution in [-0.4, -0.2) is 49.7 Å². The number of unbranched alkanes of at least 4 members (excludes halogenated alkanes) is 4. The van der Waals surface area contributed by atoms with E-state index in [1.807, 2.05) is 53.7 Å². The van der Waals surface area contributed by atoms with Gasteiger partial charge in [0.15, 0.2) is 0 Å². The molecule has 0 saturated heterocycles. The lowest BCUT2D eigenvalue weighted by atomic mass is 10.2. The first kappa shape index (κ1) is 32.8. The lowest BCUT2D eigenvalue weighted by Gasteiger charge is -2.19. The van der Waals surface area contributed by atoms with Gasteiger partial charge < -0.3 is 29.6 Å². The second kappa shape index (κ2) is 16.6. The van der Waals surface area contributed by atoms with Crippen molar-refractivity contribution < 1.29 is 28.5 Å². The van der Waals surface area contributed by atoms with Gasteiger partial charge in [-0.3, -0.25) is 0 Å². The summed E-state index contributed by atoms with van der Waals surface area (Å²) in [6.45, 7) is 13.5. The Balaban J connectivity index is 2.20. The molecule has 8 nitrogen and oxygen atoms in total. The minimum atomic E-state index is -0.477. The number of rotatable bonds is 14. The van der Waals surface area contributed by atoms with Crippen molar-refractivity contribution in [3.05, 3.63) is 19.3 Å². The van der Waals surface area contributed by atoms with Crippen LogP contribution in [0.15, 0.2) is 12.1 Å². The third-order valence-electron chi connectivity index (χ3n) is 4.48. The smallest absolute Gasteiger partial charge is 0.407 e. The summed E-state index contributed by atoms with van der Waals surface area (Å²) in [4.78, 5) is 23.3. The van der Waals surface area contributed by atoms with E-state index >= 15 is 0 Å². The fraction of sp³-hybridized carbons (Fsp3) is 0.692. The monoisotopic (exact) mass is 732 g/mol. The Bertz CT molecular complexity index is 754. The van der Waals surface area contributed by atoms with E-state index in [0.29, 0.717) is 26.3 Å². The summed E-state index contributed by atoms with van der Waals surface area (Å²) < 4.78 is 24.4. The van der Waals surface area contributed by atoms with Crippen molar-refractivity contribution in [2.45, 2.75) is 91.3 Å².